The van der Waals surface area contributed by atoms with E-state index < -0.39 is 0 Å². The van der Waals surface area contributed by atoms with Crippen LogP contribution in [0.4, 0.5) is 0 Å². The average Bonchev–Trinajstić information content (AvgIpc) is 2.22. The minimum atomic E-state index is 0.00463. The molecule has 0 radical (unpaired) electrons. The molecule has 0 N–H and O–H groups in total. The van der Waals surface area contributed by atoms with Crippen LogP contribution in [0.15, 0.2) is 23.0 Å². The quantitative estimate of drug-likeness (QED) is 0.552. The molecule has 0 spiro atoms. The lowest BCUT2D eigenvalue weighted by Gasteiger charge is -2.10. The molecule has 1 atom stereocenters. The lowest BCUT2D eigenvalue weighted by Crippen LogP contribution is -2.22. The lowest BCUT2D eigenvalue weighted by molar-refractivity contribution is 0.919. The van der Waals surface area contributed by atoms with Crippen molar-refractivity contribution in [1.29, 1.82) is 0 Å². The molecule has 0 aliphatic carbocycles. The van der Waals surface area contributed by atoms with Crippen LogP contribution in [0, 0.1) is 10.5 Å². The molecule has 2 rings (SSSR count). The number of pyridine rings is 1. The van der Waals surface area contributed by atoms with Gasteiger partial charge in [0, 0.05) is 5.69 Å². The molecule has 0 fully saturated rings. The van der Waals surface area contributed by atoms with E-state index in [1.165, 1.54) is 0 Å². The number of alkyl halides is 1. The topological polar surface area (TPSA) is 34.4 Å². The largest absolute Gasteiger partial charge is 0.271 e. The standard InChI is InChI=1S/C11H10BrIN2O/c1-6-4-3-5-8-14-10(7(2)12)9(13)11(16)15(6)8/h3-5,7H,1-2H3. The number of halogens is 2. The van der Waals surface area contributed by atoms with E-state index in [1.807, 2.05) is 32.0 Å². The Hall–Kier alpha value is -0.430. The summed E-state index contributed by atoms with van der Waals surface area (Å²) in [6.45, 7) is 3.87. The maximum Gasteiger partial charge on any atom is 0.271 e. The summed E-state index contributed by atoms with van der Waals surface area (Å²) in [6, 6.07) is 5.67. The second kappa shape index (κ2) is 4.44. The first kappa shape index (κ1) is 12.0. The summed E-state index contributed by atoms with van der Waals surface area (Å²) in [6.07, 6.45) is 0. The van der Waals surface area contributed by atoms with Crippen LogP contribution in [-0.2, 0) is 0 Å². The van der Waals surface area contributed by atoms with E-state index in [4.69, 9.17) is 0 Å². The Labute approximate surface area is 115 Å². The second-order valence-electron chi connectivity index (χ2n) is 3.59. The zero-order chi connectivity index (χ0) is 11.9. The SMILES string of the molecule is Cc1cccc2nc(C(C)Br)c(I)c(=O)n12. The Bertz CT molecular complexity index is 607. The van der Waals surface area contributed by atoms with E-state index in [1.54, 1.807) is 4.40 Å². The van der Waals surface area contributed by atoms with Gasteiger partial charge in [-0.25, -0.2) is 4.98 Å². The Morgan fingerprint density at radius 3 is 2.81 bits per heavy atom. The maximum atomic E-state index is 12.2. The molecule has 0 bridgehead atoms. The third kappa shape index (κ3) is 1.90. The van der Waals surface area contributed by atoms with Crippen molar-refractivity contribution in [3.8, 4) is 0 Å². The molecule has 3 nitrogen and oxygen atoms in total. The summed E-state index contributed by atoms with van der Waals surface area (Å²) in [5.41, 5.74) is 2.41. The van der Waals surface area contributed by atoms with E-state index in [9.17, 15) is 4.79 Å². The lowest BCUT2D eigenvalue weighted by atomic mass is 10.3. The fourth-order valence-electron chi connectivity index (χ4n) is 1.60. The number of fused-ring (bicyclic) bond motifs is 1. The maximum absolute atomic E-state index is 12.2. The summed E-state index contributed by atoms with van der Waals surface area (Å²) >= 11 is 5.52. The first-order valence-corrected chi connectivity index (χ1v) is 6.83. The zero-order valence-electron chi connectivity index (χ0n) is 8.87. The van der Waals surface area contributed by atoms with Gasteiger partial charge in [0.2, 0.25) is 0 Å². The predicted octanol–water partition coefficient (Wildman–Crippen LogP) is 3.06. The highest BCUT2D eigenvalue weighted by Gasteiger charge is 2.14. The van der Waals surface area contributed by atoms with Crippen molar-refractivity contribution < 1.29 is 0 Å². The van der Waals surface area contributed by atoms with Crippen LogP contribution < -0.4 is 5.56 Å². The van der Waals surface area contributed by atoms with Crippen LogP contribution in [0.5, 0.6) is 0 Å². The van der Waals surface area contributed by atoms with Gasteiger partial charge in [-0.3, -0.25) is 9.20 Å². The number of rotatable bonds is 1. The highest BCUT2D eigenvalue weighted by atomic mass is 127. The van der Waals surface area contributed by atoms with Crippen LogP contribution in [-0.4, -0.2) is 9.38 Å². The molecule has 5 heteroatoms. The zero-order valence-corrected chi connectivity index (χ0v) is 12.6. The molecule has 0 saturated carbocycles. The molecule has 2 heterocycles. The van der Waals surface area contributed by atoms with Crippen molar-refractivity contribution >= 4 is 44.2 Å². The van der Waals surface area contributed by atoms with Crippen molar-refractivity contribution in [3.63, 3.8) is 0 Å². The van der Waals surface area contributed by atoms with Gasteiger partial charge in [0.1, 0.15) is 9.22 Å². The predicted molar refractivity (Wildman–Crippen MR) is 76.3 cm³/mol. The van der Waals surface area contributed by atoms with Crippen molar-refractivity contribution in [2.45, 2.75) is 18.7 Å². The summed E-state index contributed by atoms with van der Waals surface area (Å²) in [7, 11) is 0. The second-order valence-corrected chi connectivity index (χ2v) is 6.05. The van der Waals surface area contributed by atoms with Gasteiger partial charge in [-0.05, 0) is 48.6 Å². The normalized spacial score (nSPS) is 13.0. The fourth-order valence-corrected chi connectivity index (χ4v) is 3.19. The van der Waals surface area contributed by atoms with Crippen LogP contribution in [0.3, 0.4) is 0 Å². The van der Waals surface area contributed by atoms with Crippen LogP contribution in [0.1, 0.15) is 23.1 Å². The molecule has 2 aromatic rings. The highest BCUT2D eigenvalue weighted by Crippen LogP contribution is 2.23. The molecular formula is C11H10BrIN2O. The molecule has 0 aliphatic rings. The summed E-state index contributed by atoms with van der Waals surface area (Å²) in [4.78, 5) is 16.8. The summed E-state index contributed by atoms with van der Waals surface area (Å²) in [5, 5.41) is 0. The van der Waals surface area contributed by atoms with E-state index in [2.05, 4.69) is 43.5 Å². The highest BCUT2D eigenvalue weighted by molar-refractivity contribution is 14.1. The molecular weight excluding hydrogens is 383 g/mol. The van der Waals surface area contributed by atoms with E-state index >= 15 is 0 Å². The molecule has 0 aliphatic heterocycles. The van der Waals surface area contributed by atoms with Gasteiger partial charge < -0.3 is 0 Å². The molecule has 1 unspecified atom stereocenters. The molecule has 2 aromatic heterocycles. The summed E-state index contributed by atoms with van der Waals surface area (Å²) in [5.74, 6) is 0. The van der Waals surface area contributed by atoms with Crippen LogP contribution >= 0.6 is 38.5 Å². The monoisotopic (exact) mass is 392 g/mol. The number of aryl methyl sites for hydroxylation is 1. The third-order valence-corrected chi connectivity index (χ3v) is 3.84. The summed E-state index contributed by atoms with van der Waals surface area (Å²) < 4.78 is 2.31. The first-order chi connectivity index (χ1) is 7.52. The first-order valence-electron chi connectivity index (χ1n) is 4.84. The number of nitrogens with zero attached hydrogens (tertiary/aromatic N) is 2. The smallest absolute Gasteiger partial charge is 0.268 e. The molecule has 0 amide bonds. The number of aromatic nitrogens is 2. The Morgan fingerprint density at radius 2 is 2.19 bits per heavy atom. The van der Waals surface area contributed by atoms with Crippen LogP contribution in [0.2, 0.25) is 0 Å². The van der Waals surface area contributed by atoms with Gasteiger partial charge in [-0.2, -0.15) is 0 Å². The van der Waals surface area contributed by atoms with Crippen molar-refractivity contribution in [2.24, 2.45) is 0 Å². The molecule has 84 valence electrons. The fraction of sp³-hybridized carbons (Fsp3) is 0.273. The Morgan fingerprint density at radius 1 is 1.50 bits per heavy atom. The Balaban J connectivity index is 2.95. The van der Waals surface area contributed by atoms with Crippen molar-refractivity contribution in [1.82, 2.24) is 9.38 Å². The van der Waals surface area contributed by atoms with E-state index in [0.717, 1.165) is 11.4 Å². The third-order valence-electron chi connectivity index (χ3n) is 2.39. The van der Waals surface area contributed by atoms with Gasteiger partial charge in [-0.1, -0.05) is 22.0 Å². The van der Waals surface area contributed by atoms with Crippen molar-refractivity contribution in [2.75, 3.05) is 0 Å². The molecule has 0 saturated heterocycles. The van der Waals surface area contributed by atoms with Gasteiger partial charge in [0.05, 0.1) is 10.5 Å². The number of hydrogen-bond acceptors (Lipinski definition) is 2. The van der Waals surface area contributed by atoms with Gasteiger partial charge >= 0.3 is 0 Å². The van der Waals surface area contributed by atoms with Crippen LogP contribution in [0.25, 0.3) is 5.65 Å². The Kier molecular flexibility index (Phi) is 3.34. The molecule has 0 aromatic carbocycles. The van der Waals surface area contributed by atoms with E-state index in [-0.39, 0.29) is 10.4 Å². The minimum absolute atomic E-state index is 0.00463. The van der Waals surface area contributed by atoms with E-state index in [0.29, 0.717) is 9.22 Å². The van der Waals surface area contributed by atoms with Gasteiger partial charge in [0.25, 0.3) is 5.56 Å². The van der Waals surface area contributed by atoms with Crippen molar-refractivity contribution in [3.05, 3.63) is 43.5 Å². The number of hydrogen-bond donors (Lipinski definition) is 0. The average molecular weight is 393 g/mol. The minimum Gasteiger partial charge on any atom is -0.268 e. The van der Waals surface area contributed by atoms with Gasteiger partial charge in [-0.15, -0.1) is 0 Å². The van der Waals surface area contributed by atoms with Gasteiger partial charge in [0.15, 0.2) is 0 Å². The molecule has 16 heavy (non-hydrogen) atoms.